The van der Waals surface area contributed by atoms with E-state index in [9.17, 15) is 21.6 Å². The maximum absolute atomic E-state index is 12.7. The molecule has 0 aliphatic carbocycles. The Morgan fingerprint density at radius 2 is 1.55 bits per heavy atom. The molecule has 10 heteroatoms. The SMILES string of the molecule is CS(=O)(=O)N(CC(=O)Nc1ccc(S(=O)(=O)N2CCCCC2)cc1)Cc1ccccc1. The highest BCUT2D eigenvalue weighted by Gasteiger charge is 2.26. The Bertz CT molecular complexity index is 1100. The monoisotopic (exact) mass is 465 g/mol. The number of carbonyl (C=O) groups is 1. The molecule has 0 aromatic heterocycles. The van der Waals surface area contributed by atoms with Crippen LogP contribution in [0.2, 0.25) is 0 Å². The van der Waals surface area contributed by atoms with Crippen molar-refractivity contribution in [3.8, 4) is 0 Å². The maximum Gasteiger partial charge on any atom is 0.243 e. The van der Waals surface area contributed by atoms with Gasteiger partial charge < -0.3 is 5.32 Å². The van der Waals surface area contributed by atoms with Crippen LogP contribution in [0.25, 0.3) is 0 Å². The summed E-state index contributed by atoms with van der Waals surface area (Å²) in [6.07, 6.45) is 3.80. The lowest BCUT2D eigenvalue weighted by Gasteiger charge is -2.25. The van der Waals surface area contributed by atoms with Gasteiger partial charge in [0.15, 0.2) is 0 Å². The minimum absolute atomic E-state index is 0.0834. The lowest BCUT2D eigenvalue weighted by molar-refractivity contribution is -0.116. The van der Waals surface area contributed by atoms with E-state index in [-0.39, 0.29) is 18.0 Å². The summed E-state index contributed by atoms with van der Waals surface area (Å²) in [6, 6.07) is 14.9. The van der Waals surface area contributed by atoms with Crippen molar-refractivity contribution < 1.29 is 21.6 Å². The van der Waals surface area contributed by atoms with E-state index < -0.39 is 26.0 Å². The molecule has 0 radical (unpaired) electrons. The number of benzene rings is 2. The first-order valence-corrected chi connectivity index (χ1v) is 13.3. The number of anilines is 1. The van der Waals surface area contributed by atoms with Crippen molar-refractivity contribution in [2.45, 2.75) is 30.7 Å². The Labute approximate surface area is 184 Å². The number of carbonyl (C=O) groups excluding carboxylic acids is 1. The summed E-state index contributed by atoms with van der Waals surface area (Å²) >= 11 is 0. The van der Waals surface area contributed by atoms with Crippen LogP contribution in [0, 0.1) is 0 Å². The van der Waals surface area contributed by atoms with Gasteiger partial charge in [-0.1, -0.05) is 36.8 Å². The van der Waals surface area contributed by atoms with Gasteiger partial charge in [-0.25, -0.2) is 16.8 Å². The molecule has 0 saturated carbocycles. The summed E-state index contributed by atoms with van der Waals surface area (Å²) in [5, 5.41) is 2.64. The molecule has 1 fully saturated rings. The predicted octanol–water partition coefficient (Wildman–Crippen LogP) is 2.26. The number of amides is 1. The van der Waals surface area contributed by atoms with Crippen molar-refractivity contribution in [1.82, 2.24) is 8.61 Å². The van der Waals surface area contributed by atoms with Gasteiger partial charge in [-0.3, -0.25) is 4.79 Å². The van der Waals surface area contributed by atoms with E-state index >= 15 is 0 Å². The van der Waals surface area contributed by atoms with Crippen molar-refractivity contribution >= 4 is 31.6 Å². The second kappa shape index (κ2) is 9.90. The fourth-order valence-corrected chi connectivity index (χ4v) is 5.66. The number of nitrogens with one attached hydrogen (secondary N) is 1. The Morgan fingerprint density at radius 1 is 0.935 bits per heavy atom. The lowest BCUT2D eigenvalue weighted by Crippen LogP contribution is -2.37. The highest BCUT2D eigenvalue weighted by Crippen LogP contribution is 2.22. The van der Waals surface area contributed by atoms with E-state index in [1.54, 1.807) is 24.3 Å². The first kappa shape index (κ1) is 23.4. The Morgan fingerprint density at radius 3 is 2.13 bits per heavy atom. The van der Waals surface area contributed by atoms with Crippen LogP contribution >= 0.6 is 0 Å². The Kier molecular flexibility index (Phi) is 7.47. The number of rotatable bonds is 8. The standard InChI is InChI=1S/C21H27N3O5S2/c1-30(26,27)24(16-18-8-4-2-5-9-18)17-21(25)22-19-10-12-20(13-11-19)31(28,29)23-14-6-3-7-15-23/h2,4-5,8-13H,3,6-7,14-17H2,1H3,(H,22,25). The van der Waals surface area contributed by atoms with E-state index in [1.807, 2.05) is 6.07 Å². The number of piperidine rings is 1. The molecular formula is C21H27N3O5S2. The number of hydrogen-bond acceptors (Lipinski definition) is 5. The molecule has 0 bridgehead atoms. The summed E-state index contributed by atoms with van der Waals surface area (Å²) in [6.45, 7) is 0.773. The van der Waals surface area contributed by atoms with Crippen molar-refractivity contribution in [3.05, 3.63) is 60.2 Å². The van der Waals surface area contributed by atoms with E-state index in [0.717, 1.165) is 35.4 Å². The summed E-state index contributed by atoms with van der Waals surface area (Å²) < 4.78 is 52.2. The third-order valence-corrected chi connectivity index (χ3v) is 8.19. The van der Waals surface area contributed by atoms with E-state index in [2.05, 4.69) is 5.32 Å². The molecule has 2 aromatic carbocycles. The van der Waals surface area contributed by atoms with Crippen LogP contribution in [0.1, 0.15) is 24.8 Å². The second-order valence-electron chi connectivity index (χ2n) is 7.55. The van der Waals surface area contributed by atoms with Gasteiger partial charge in [0.1, 0.15) is 0 Å². The van der Waals surface area contributed by atoms with Gasteiger partial charge in [0.05, 0.1) is 17.7 Å². The molecule has 3 rings (SSSR count). The van der Waals surface area contributed by atoms with Gasteiger partial charge in [-0.15, -0.1) is 0 Å². The van der Waals surface area contributed by atoms with Gasteiger partial charge in [0.2, 0.25) is 26.0 Å². The number of nitrogens with zero attached hydrogens (tertiary/aromatic N) is 2. The maximum atomic E-state index is 12.7. The van der Waals surface area contributed by atoms with Crippen LogP contribution in [0.15, 0.2) is 59.5 Å². The summed E-state index contributed by atoms with van der Waals surface area (Å²) in [5.74, 6) is -0.506. The zero-order chi connectivity index (χ0) is 22.5. The number of sulfonamides is 2. The first-order chi connectivity index (χ1) is 14.7. The molecule has 168 valence electrons. The molecule has 1 N–H and O–H groups in total. The molecule has 1 heterocycles. The van der Waals surface area contributed by atoms with Gasteiger partial charge in [0, 0.05) is 25.3 Å². The molecule has 1 saturated heterocycles. The topological polar surface area (TPSA) is 104 Å². The van der Waals surface area contributed by atoms with E-state index in [0.29, 0.717) is 18.8 Å². The normalized spacial score (nSPS) is 15.7. The second-order valence-corrected chi connectivity index (χ2v) is 11.5. The zero-order valence-electron chi connectivity index (χ0n) is 17.4. The summed E-state index contributed by atoms with van der Waals surface area (Å²) in [5.41, 5.74) is 1.17. The molecule has 0 atom stereocenters. The molecule has 1 aliphatic rings. The Hall–Kier alpha value is -2.27. The minimum atomic E-state index is -3.60. The van der Waals surface area contributed by atoms with Crippen LogP contribution < -0.4 is 5.32 Å². The fraction of sp³-hybridized carbons (Fsp3) is 0.381. The van der Waals surface area contributed by atoms with Gasteiger partial charge >= 0.3 is 0 Å². The van der Waals surface area contributed by atoms with Crippen LogP contribution in [0.3, 0.4) is 0 Å². The van der Waals surface area contributed by atoms with Crippen molar-refractivity contribution in [3.63, 3.8) is 0 Å². The summed E-state index contributed by atoms with van der Waals surface area (Å²) in [7, 11) is -7.15. The zero-order valence-corrected chi connectivity index (χ0v) is 19.0. The van der Waals surface area contributed by atoms with Crippen LogP contribution in [-0.4, -0.2) is 57.2 Å². The summed E-state index contributed by atoms with van der Waals surface area (Å²) in [4.78, 5) is 12.6. The smallest absolute Gasteiger partial charge is 0.243 e. The minimum Gasteiger partial charge on any atom is -0.325 e. The predicted molar refractivity (Wildman–Crippen MR) is 119 cm³/mol. The van der Waals surface area contributed by atoms with E-state index in [4.69, 9.17) is 0 Å². The van der Waals surface area contributed by atoms with Crippen LogP contribution in [0.4, 0.5) is 5.69 Å². The molecular weight excluding hydrogens is 438 g/mol. The van der Waals surface area contributed by atoms with Crippen molar-refractivity contribution in [1.29, 1.82) is 0 Å². The molecule has 0 spiro atoms. The molecule has 8 nitrogen and oxygen atoms in total. The van der Waals surface area contributed by atoms with Crippen molar-refractivity contribution in [2.24, 2.45) is 0 Å². The molecule has 0 unspecified atom stereocenters. The first-order valence-electron chi connectivity index (χ1n) is 10.1. The average Bonchev–Trinajstić information content (AvgIpc) is 2.74. The van der Waals surface area contributed by atoms with Crippen LogP contribution in [-0.2, 0) is 31.4 Å². The quantitative estimate of drug-likeness (QED) is 0.644. The highest BCUT2D eigenvalue weighted by atomic mass is 32.2. The van der Waals surface area contributed by atoms with Gasteiger partial charge in [-0.05, 0) is 42.7 Å². The molecule has 1 aliphatic heterocycles. The van der Waals surface area contributed by atoms with Crippen molar-refractivity contribution in [2.75, 3.05) is 31.2 Å². The van der Waals surface area contributed by atoms with Crippen LogP contribution in [0.5, 0.6) is 0 Å². The third kappa shape index (κ3) is 6.36. The molecule has 31 heavy (non-hydrogen) atoms. The molecule has 1 amide bonds. The molecule has 2 aromatic rings. The van der Waals surface area contributed by atoms with Gasteiger partial charge in [-0.2, -0.15) is 8.61 Å². The Balaban J connectivity index is 1.65. The number of hydrogen-bond donors (Lipinski definition) is 1. The third-order valence-electron chi connectivity index (χ3n) is 5.08. The largest absolute Gasteiger partial charge is 0.325 e. The lowest BCUT2D eigenvalue weighted by atomic mass is 10.2. The highest BCUT2D eigenvalue weighted by molar-refractivity contribution is 7.89. The average molecular weight is 466 g/mol. The van der Waals surface area contributed by atoms with Gasteiger partial charge in [0.25, 0.3) is 0 Å². The van der Waals surface area contributed by atoms with E-state index in [1.165, 1.54) is 28.6 Å². The fourth-order valence-electron chi connectivity index (χ4n) is 3.40.